The highest BCUT2D eigenvalue weighted by atomic mass is 19.1. The van der Waals surface area contributed by atoms with Gasteiger partial charge in [-0.25, -0.2) is 9.37 Å². The zero-order valence-corrected chi connectivity index (χ0v) is 9.89. The number of H-pyrrole nitrogens is 1. The standard InChI is InChI=1S/C13H11FN2O3/c14-9-3-1-2-8(4-9)10-5-15-11(16-10)13(12(17)18)6-19-7-13/h1-5H,6-7H2,(H,15,16)(H,17,18). The first-order valence-electron chi connectivity index (χ1n) is 5.74. The molecule has 0 saturated carbocycles. The molecule has 19 heavy (non-hydrogen) atoms. The summed E-state index contributed by atoms with van der Waals surface area (Å²) in [6.07, 6.45) is 1.51. The third kappa shape index (κ3) is 1.80. The van der Waals surface area contributed by atoms with Crippen LogP contribution in [0.3, 0.4) is 0 Å². The van der Waals surface area contributed by atoms with Gasteiger partial charge in [-0.3, -0.25) is 4.79 Å². The molecule has 1 aromatic heterocycles. The largest absolute Gasteiger partial charge is 0.480 e. The molecule has 3 rings (SSSR count). The summed E-state index contributed by atoms with van der Waals surface area (Å²) in [5, 5.41) is 9.26. The Bertz CT molecular complexity index is 634. The van der Waals surface area contributed by atoms with Crippen LogP contribution in [0.5, 0.6) is 0 Å². The Hall–Kier alpha value is -2.21. The molecule has 0 spiro atoms. The first kappa shape index (κ1) is 11.9. The summed E-state index contributed by atoms with van der Waals surface area (Å²) < 4.78 is 18.1. The second kappa shape index (κ2) is 4.17. The molecule has 6 heteroatoms. The third-order valence-corrected chi connectivity index (χ3v) is 3.27. The van der Waals surface area contributed by atoms with Crippen molar-refractivity contribution in [2.45, 2.75) is 5.41 Å². The van der Waals surface area contributed by atoms with Crippen molar-refractivity contribution in [3.8, 4) is 11.3 Å². The van der Waals surface area contributed by atoms with Crippen molar-refractivity contribution in [2.24, 2.45) is 0 Å². The number of carboxylic acid groups (broad SMARTS) is 1. The molecule has 0 aliphatic carbocycles. The summed E-state index contributed by atoms with van der Waals surface area (Å²) >= 11 is 0. The van der Waals surface area contributed by atoms with E-state index in [9.17, 15) is 14.3 Å². The van der Waals surface area contributed by atoms with E-state index in [0.717, 1.165) is 0 Å². The minimum absolute atomic E-state index is 0.0957. The molecule has 2 aromatic rings. The van der Waals surface area contributed by atoms with Crippen LogP contribution in [-0.2, 0) is 14.9 Å². The molecule has 1 aliphatic rings. The topological polar surface area (TPSA) is 75.2 Å². The Balaban J connectivity index is 1.98. The maximum absolute atomic E-state index is 13.2. The smallest absolute Gasteiger partial charge is 0.322 e. The number of rotatable bonds is 3. The van der Waals surface area contributed by atoms with Gasteiger partial charge in [0.1, 0.15) is 11.6 Å². The van der Waals surface area contributed by atoms with Gasteiger partial charge in [-0.15, -0.1) is 0 Å². The van der Waals surface area contributed by atoms with Crippen LogP contribution in [0.15, 0.2) is 30.5 Å². The second-order valence-electron chi connectivity index (χ2n) is 4.54. The molecule has 2 N–H and O–H groups in total. The van der Waals surface area contributed by atoms with E-state index in [4.69, 9.17) is 4.74 Å². The molecule has 0 radical (unpaired) electrons. The Labute approximate surface area is 108 Å². The van der Waals surface area contributed by atoms with Gasteiger partial charge in [0.15, 0.2) is 5.41 Å². The summed E-state index contributed by atoms with van der Waals surface area (Å²) in [5.74, 6) is -0.988. The van der Waals surface area contributed by atoms with Crippen molar-refractivity contribution < 1.29 is 19.0 Å². The van der Waals surface area contributed by atoms with Crippen LogP contribution < -0.4 is 0 Å². The highest BCUT2D eigenvalue weighted by Crippen LogP contribution is 2.32. The number of ether oxygens (including phenoxy) is 1. The lowest BCUT2D eigenvalue weighted by Gasteiger charge is -2.35. The number of benzene rings is 1. The van der Waals surface area contributed by atoms with Gasteiger partial charge in [0, 0.05) is 5.56 Å². The van der Waals surface area contributed by atoms with E-state index in [1.807, 2.05) is 0 Å². The molecule has 98 valence electrons. The van der Waals surface area contributed by atoms with Gasteiger partial charge in [0.2, 0.25) is 0 Å². The first-order chi connectivity index (χ1) is 9.12. The fourth-order valence-corrected chi connectivity index (χ4v) is 2.03. The van der Waals surface area contributed by atoms with Gasteiger partial charge in [-0.05, 0) is 12.1 Å². The molecule has 0 amide bonds. The number of hydrogen-bond acceptors (Lipinski definition) is 3. The average Bonchev–Trinajstić information content (AvgIpc) is 2.76. The minimum atomic E-state index is -1.11. The number of halogens is 1. The Kier molecular flexibility index (Phi) is 2.60. The number of aliphatic carboxylic acids is 1. The Morgan fingerprint density at radius 3 is 2.84 bits per heavy atom. The maximum atomic E-state index is 13.2. The van der Waals surface area contributed by atoms with Crippen LogP contribution in [0.1, 0.15) is 5.82 Å². The van der Waals surface area contributed by atoms with E-state index in [1.165, 1.54) is 18.3 Å². The highest BCUT2D eigenvalue weighted by Gasteiger charge is 2.50. The number of carbonyl (C=O) groups is 1. The average molecular weight is 262 g/mol. The number of nitrogens with one attached hydrogen (secondary N) is 1. The van der Waals surface area contributed by atoms with Crippen molar-refractivity contribution in [2.75, 3.05) is 13.2 Å². The van der Waals surface area contributed by atoms with Gasteiger partial charge in [-0.1, -0.05) is 12.1 Å². The Morgan fingerprint density at radius 2 is 2.26 bits per heavy atom. The van der Waals surface area contributed by atoms with E-state index >= 15 is 0 Å². The fourth-order valence-electron chi connectivity index (χ4n) is 2.03. The molecule has 0 atom stereocenters. The monoisotopic (exact) mass is 262 g/mol. The van der Waals surface area contributed by atoms with Gasteiger partial charge < -0.3 is 14.8 Å². The number of nitrogens with zero attached hydrogens (tertiary/aromatic N) is 1. The second-order valence-corrected chi connectivity index (χ2v) is 4.54. The summed E-state index contributed by atoms with van der Waals surface area (Å²) in [6, 6.07) is 6.02. The normalized spacial score (nSPS) is 16.9. The molecule has 1 fully saturated rings. The van der Waals surface area contributed by atoms with E-state index in [-0.39, 0.29) is 19.0 Å². The molecular formula is C13H11FN2O3. The number of aromatic amines is 1. The zero-order valence-electron chi connectivity index (χ0n) is 9.89. The summed E-state index contributed by atoms with van der Waals surface area (Å²) in [6.45, 7) is 0.191. The highest BCUT2D eigenvalue weighted by molar-refractivity contribution is 5.82. The first-order valence-corrected chi connectivity index (χ1v) is 5.74. The summed E-state index contributed by atoms with van der Waals surface area (Å²) in [7, 11) is 0. The molecule has 0 bridgehead atoms. The predicted octanol–water partition coefficient (Wildman–Crippen LogP) is 1.57. The quantitative estimate of drug-likeness (QED) is 0.880. The van der Waals surface area contributed by atoms with Crippen LogP contribution in [0.2, 0.25) is 0 Å². The molecular weight excluding hydrogens is 251 g/mol. The lowest BCUT2D eigenvalue weighted by Crippen LogP contribution is -2.53. The fraction of sp³-hybridized carbons (Fsp3) is 0.231. The van der Waals surface area contributed by atoms with Crippen molar-refractivity contribution in [1.29, 1.82) is 0 Å². The number of aromatic nitrogens is 2. The summed E-state index contributed by atoms with van der Waals surface area (Å²) in [5.41, 5.74) is 0.104. The van der Waals surface area contributed by atoms with E-state index in [1.54, 1.807) is 12.1 Å². The van der Waals surface area contributed by atoms with E-state index in [2.05, 4.69) is 9.97 Å². The molecule has 1 aliphatic heterocycles. The zero-order chi connectivity index (χ0) is 13.5. The number of hydrogen-bond donors (Lipinski definition) is 2. The minimum Gasteiger partial charge on any atom is -0.480 e. The lowest BCUT2D eigenvalue weighted by atomic mass is 9.85. The van der Waals surface area contributed by atoms with Crippen LogP contribution in [0.25, 0.3) is 11.3 Å². The van der Waals surface area contributed by atoms with E-state index < -0.39 is 11.4 Å². The summed E-state index contributed by atoms with van der Waals surface area (Å²) in [4.78, 5) is 18.3. The van der Waals surface area contributed by atoms with Crippen molar-refractivity contribution >= 4 is 5.97 Å². The van der Waals surface area contributed by atoms with Crippen molar-refractivity contribution in [3.63, 3.8) is 0 Å². The molecule has 5 nitrogen and oxygen atoms in total. The SMILES string of the molecule is O=C(O)C1(c2ncc(-c3cccc(F)c3)[nH]2)COC1. The lowest BCUT2D eigenvalue weighted by molar-refractivity contribution is -0.163. The van der Waals surface area contributed by atoms with Crippen LogP contribution >= 0.6 is 0 Å². The van der Waals surface area contributed by atoms with E-state index in [0.29, 0.717) is 17.1 Å². The van der Waals surface area contributed by atoms with Crippen molar-refractivity contribution in [3.05, 3.63) is 42.1 Å². The third-order valence-electron chi connectivity index (χ3n) is 3.27. The number of imidazole rings is 1. The Morgan fingerprint density at radius 1 is 1.47 bits per heavy atom. The van der Waals surface area contributed by atoms with Gasteiger partial charge in [0.05, 0.1) is 25.1 Å². The predicted molar refractivity (Wildman–Crippen MR) is 64.1 cm³/mol. The van der Waals surface area contributed by atoms with Crippen molar-refractivity contribution in [1.82, 2.24) is 9.97 Å². The molecule has 0 unspecified atom stereocenters. The van der Waals surface area contributed by atoms with Gasteiger partial charge in [0.25, 0.3) is 0 Å². The molecule has 1 saturated heterocycles. The van der Waals surface area contributed by atoms with Crippen LogP contribution in [0, 0.1) is 5.82 Å². The van der Waals surface area contributed by atoms with Crippen LogP contribution in [-0.4, -0.2) is 34.3 Å². The van der Waals surface area contributed by atoms with Crippen LogP contribution in [0.4, 0.5) is 4.39 Å². The molecule has 2 heterocycles. The van der Waals surface area contributed by atoms with Gasteiger partial charge in [-0.2, -0.15) is 0 Å². The van der Waals surface area contributed by atoms with Gasteiger partial charge >= 0.3 is 5.97 Å². The maximum Gasteiger partial charge on any atom is 0.322 e. The number of carboxylic acids is 1. The molecule has 1 aromatic carbocycles.